The van der Waals surface area contributed by atoms with Gasteiger partial charge in [-0.3, -0.25) is 9.59 Å². The van der Waals surface area contributed by atoms with E-state index in [2.05, 4.69) is 5.32 Å². The molecular formula is C12H16N2O3. The second-order valence-electron chi connectivity index (χ2n) is 3.83. The summed E-state index contributed by atoms with van der Waals surface area (Å²) in [5.41, 5.74) is 7.09. The molecule has 4 N–H and O–H groups in total. The molecule has 17 heavy (non-hydrogen) atoms. The Labute approximate surface area is 99.6 Å². The van der Waals surface area contributed by atoms with E-state index in [1.54, 1.807) is 24.3 Å². The van der Waals surface area contributed by atoms with Crippen LogP contribution in [0.3, 0.4) is 0 Å². The Balaban J connectivity index is 2.77. The summed E-state index contributed by atoms with van der Waals surface area (Å²) < 4.78 is 0. The SMILES string of the molecule is CC(=O)Nc1ccc(C(CN)CC(=O)O)cc1. The average Bonchev–Trinajstić information content (AvgIpc) is 2.26. The topological polar surface area (TPSA) is 92.4 Å². The highest BCUT2D eigenvalue weighted by Crippen LogP contribution is 2.20. The molecular weight excluding hydrogens is 220 g/mol. The molecule has 0 saturated heterocycles. The molecule has 0 saturated carbocycles. The summed E-state index contributed by atoms with van der Waals surface area (Å²) in [6, 6.07) is 7.04. The number of anilines is 1. The van der Waals surface area contributed by atoms with E-state index in [1.165, 1.54) is 6.92 Å². The summed E-state index contributed by atoms with van der Waals surface area (Å²) in [6.45, 7) is 1.72. The van der Waals surface area contributed by atoms with E-state index in [4.69, 9.17) is 10.8 Å². The van der Waals surface area contributed by atoms with Crippen LogP contribution in [0.5, 0.6) is 0 Å². The van der Waals surface area contributed by atoms with Crippen molar-refractivity contribution >= 4 is 17.6 Å². The Morgan fingerprint density at radius 1 is 1.35 bits per heavy atom. The molecule has 1 atom stereocenters. The van der Waals surface area contributed by atoms with Crippen LogP contribution in [0.25, 0.3) is 0 Å². The van der Waals surface area contributed by atoms with E-state index in [0.29, 0.717) is 5.69 Å². The van der Waals surface area contributed by atoms with Crippen LogP contribution < -0.4 is 11.1 Å². The van der Waals surface area contributed by atoms with E-state index < -0.39 is 5.97 Å². The van der Waals surface area contributed by atoms with Crippen molar-refractivity contribution in [2.24, 2.45) is 5.73 Å². The van der Waals surface area contributed by atoms with E-state index in [1.807, 2.05) is 0 Å². The van der Waals surface area contributed by atoms with Gasteiger partial charge in [0.25, 0.3) is 0 Å². The zero-order valence-electron chi connectivity index (χ0n) is 9.64. The highest BCUT2D eigenvalue weighted by Gasteiger charge is 2.13. The summed E-state index contributed by atoms with van der Waals surface area (Å²) in [7, 11) is 0. The van der Waals surface area contributed by atoms with Crippen molar-refractivity contribution in [1.29, 1.82) is 0 Å². The van der Waals surface area contributed by atoms with Gasteiger partial charge in [-0.15, -0.1) is 0 Å². The van der Waals surface area contributed by atoms with Crippen LogP contribution in [-0.2, 0) is 9.59 Å². The summed E-state index contributed by atoms with van der Waals surface area (Å²) in [4.78, 5) is 21.5. The molecule has 1 aromatic carbocycles. The van der Waals surface area contributed by atoms with E-state index in [0.717, 1.165) is 5.56 Å². The van der Waals surface area contributed by atoms with Gasteiger partial charge in [-0.1, -0.05) is 12.1 Å². The van der Waals surface area contributed by atoms with Gasteiger partial charge in [-0.05, 0) is 24.2 Å². The molecule has 1 aromatic rings. The van der Waals surface area contributed by atoms with Crippen molar-refractivity contribution in [2.75, 3.05) is 11.9 Å². The number of rotatable bonds is 5. The first-order chi connectivity index (χ1) is 8.02. The monoisotopic (exact) mass is 236 g/mol. The Morgan fingerprint density at radius 2 is 1.94 bits per heavy atom. The molecule has 1 rings (SSSR count). The molecule has 0 fully saturated rings. The minimum Gasteiger partial charge on any atom is -0.481 e. The number of hydrogen-bond donors (Lipinski definition) is 3. The number of carbonyl (C=O) groups excluding carboxylic acids is 1. The highest BCUT2D eigenvalue weighted by atomic mass is 16.4. The minimum atomic E-state index is -0.869. The van der Waals surface area contributed by atoms with E-state index in [9.17, 15) is 9.59 Å². The molecule has 0 aliphatic rings. The first-order valence-corrected chi connectivity index (χ1v) is 5.32. The lowest BCUT2D eigenvalue weighted by molar-refractivity contribution is -0.137. The fraction of sp³-hybridized carbons (Fsp3) is 0.333. The molecule has 1 unspecified atom stereocenters. The molecule has 0 radical (unpaired) electrons. The molecule has 92 valence electrons. The highest BCUT2D eigenvalue weighted by molar-refractivity contribution is 5.88. The smallest absolute Gasteiger partial charge is 0.304 e. The summed E-state index contributed by atoms with van der Waals surface area (Å²) in [6.07, 6.45) is 0.00990. The second kappa shape index (κ2) is 6.00. The Bertz CT molecular complexity index is 401. The molecule has 0 aliphatic carbocycles. The third-order valence-electron chi connectivity index (χ3n) is 2.41. The molecule has 0 spiro atoms. The van der Waals surface area contributed by atoms with Gasteiger partial charge in [0.05, 0.1) is 6.42 Å². The lowest BCUT2D eigenvalue weighted by Crippen LogP contribution is -2.16. The van der Waals surface area contributed by atoms with Gasteiger partial charge in [-0.25, -0.2) is 0 Å². The maximum absolute atomic E-state index is 10.8. The maximum atomic E-state index is 10.8. The van der Waals surface area contributed by atoms with Crippen molar-refractivity contribution in [1.82, 2.24) is 0 Å². The predicted octanol–water partition coefficient (Wildman–Crippen LogP) is 1.16. The standard InChI is InChI=1S/C12H16N2O3/c1-8(15)14-11-4-2-9(3-5-11)10(7-13)6-12(16)17/h2-5,10H,6-7,13H2,1H3,(H,14,15)(H,16,17). The van der Waals surface area contributed by atoms with Crippen LogP contribution in [0.1, 0.15) is 24.8 Å². The Hall–Kier alpha value is -1.88. The van der Waals surface area contributed by atoms with Crippen LogP contribution in [0.4, 0.5) is 5.69 Å². The first-order valence-electron chi connectivity index (χ1n) is 5.32. The molecule has 0 aliphatic heterocycles. The van der Waals surface area contributed by atoms with Crippen molar-refractivity contribution in [2.45, 2.75) is 19.3 Å². The molecule has 5 heteroatoms. The quantitative estimate of drug-likeness (QED) is 0.715. The number of aliphatic carboxylic acids is 1. The second-order valence-corrected chi connectivity index (χ2v) is 3.83. The van der Waals surface area contributed by atoms with E-state index in [-0.39, 0.29) is 24.8 Å². The number of carboxylic acids is 1. The van der Waals surface area contributed by atoms with Crippen LogP contribution in [0, 0.1) is 0 Å². The predicted molar refractivity (Wildman–Crippen MR) is 64.8 cm³/mol. The number of amides is 1. The number of nitrogens with one attached hydrogen (secondary N) is 1. The van der Waals surface area contributed by atoms with Gasteiger partial charge in [0.1, 0.15) is 0 Å². The van der Waals surface area contributed by atoms with Crippen LogP contribution in [-0.4, -0.2) is 23.5 Å². The van der Waals surface area contributed by atoms with Gasteiger partial charge in [0, 0.05) is 18.5 Å². The lowest BCUT2D eigenvalue weighted by atomic mass is 9.96. The molecule has 5 nitrogen and oxygen atoms in total. The summed E-state index contributed by atoms with van der Waals surface area (Å²) >= 11 is 0. The van der Waals surface area contributed by atoms with Gasteiger partial charge in [-0.2, -0.15) is 0 Å². The zero-order chi connectivity index (χ0) is 12.8. The van der Waals surface area contributed by atoms with Crippen molar-refractivity contribution < 1.29 is 14.7 Å². The van der Waals surface area contributed by atoms with Crippen LogP contribution in [0.2, 0.25) is 0 Å². The number of carbonyl (C=O) groups is 2. The number of carboxylic acid groups (broad SMARTS) is 1. The fourth-order valence-electron chi connectivity index (χ4n) is 1.59. The van der Waals surface area contributed by atoms with Gasteiger partial charge in [0.2, 0.25) is 5.91 Å². The zero-order valence-corrected chi connectivity index (χ0v) is 9.64. The third kappa shape index (κ3) is 4.24. The number of nitrogens with two attached hydrogens (primary N) is 1. The Morgan fingerprint density at radius 3 is 2.35 bits per heavy atom. The van der Waals surface area contributed by atoms with Crippen molar-refractivity contribution in [3.8, 4) is 0 Å². The molecule has 0 bridgehead atoms. The first kappa shape index (κ1) is 13.2. The molecule has 0 heterocycles. The minimum absolute atomic E-state index is 0.00990. The Kier molecular flexibility index (Phi) is 4.66. The van der Waals surface area contributed by atoms with Crippen molar-refractivity contribution in [3.05, 3.63) is 29.8 Å². The summed E-state index contributed by atoms with van der Waals surface area (Å²) in [5, 5.41) is 11.4. The third-order valence-corrected chi connectivity index (χ3v) is 2.41. The van der Waals surface area contributed by atoms with Crippen LogP contribution in [0.15, 0.2) is 24.3 Å². The number of hydrogen-bond acceptors (Lipinski definition) is 3. The van der Waals surface area contributed by atoms with E-state index >= 15 is 0 Å². The maximum Gasteiger partial charge on any atom is 0.304 e. The largest absolute Gasteiger partial charge is 0.481 e. The molecule has 1 amide bonds. The van der Waals surface area contributed by atoms with Crippen LogP contribution >= 0.6 is 0 Å². The lowest BCUT2D eigenvalue weighted by Gasteiger charge is -2.13. The van der Waals surface area contributed by atoms with Gasteiger partial charge in [0.15, 0.2) is 0 Å². The van der Waals surface area contributed by atoms with Gasteiger partial charge >= 0.3 is 5.97 Å². The summed E-state index contributed by atoms with van der Waals surface area (Å²) in [5.74, 6) is -1.20. The van der Waals surface area contributed by atoms with Crippen molar-refractivity contribution in [3.63, 3.8) is 0 Å². The fourth-order valence-corrected chi connectivity index (χ4v) is 1.59. The normalized spacial score (nSPS) is 11.9. The van der Waals surface area contributed by atoms with Gasteiger partial charge < -0.3 is 16.2 Å². The molecule has 0 aromatic heterocycles. The average molecular weight is 236 g/mol. The number of benzene rings is 1.